The second kappa shape index (κ2) is 6.09. The van der Waals surface area contributed by atoms with E-state index in [2.05, 4.69) is 5.32 Å². The average Bonchev–Trinajstić information content (AvgIpc) is 2.27. The van der Waals surface area contributed by atoms with Crippen molar-refractivity contribution in [2.75, 3.05) is 11.9 Å². The minimum Gasteiger partial charge on any atom is -0.366 e. The van der Waals surface area contributed by atoms with E-state index in [9.17, 15) is 13.2 Å². The van der Waals surface area contributed by atoms with E-state index < -0.39 is 15.6 Å². The van der Waals surface area contributed by atoms with Crippen LogP contribution in [-0.4, -0.2) is 26.5 Å². The Morgan fingerprint density at radius 1 is 1.40 bits per heavy atom. The van der Waals surface area contributed by atoms with E-state index in [0.29, 0.717) is 5.69 Å². The highest BCUT2D eigenvalue weighted by molar-refractivity contribution is 7.89. The first kappa shape index (κ1) is 16.9. The van der Waals surface area contributed by atoms with Gasteiger partial charge in [0.15, 0.2) is 0 Å². The van der Waals surface area contributed by atoms with E-state index in [-0.39, 0.29) is 22.4 Å². The molecular weight excluding hydrogens is 304 g/mol. The zero-order chi connectivity index (χ0) is 15.6. The van der Waals surface area contributed by atoms with E-state index in [0.717, 1.165) is 0 Å². The normalized spacial score (nSPS) is 12.2. The van der Waals surface area contributed by atoms with Crippen molar-refractivity contribution >= 4 is 33.2 Å². The Kier molecular flexibility index (Phi) is 5.15. The summed E-state index contributed by atoms with van der Waals surface area (Å²) in [4.78, 5) is 11.5. The molecule has 0 heterocycles. The standard InChI is InChI=1S/C12H17ClN2O4S/c1-12(2,3)19-7-11(16)15-10-5-4-8(6-9(10)13)20(14,17)18/h4-6H,7H2,1-3H3,(H,15,16)(H2,14,17,18). The molecule has 1 aromatic rings. The van der Waals surface area contributed by atoms with Crippen LogP contribution in [0.1, 0.15) is 20.8 Å². The second-order valence-corrected chi connectivity index (χ2v) is 7.10. The largest absolute Gasteiger partial charge is 0.366 e. The van der Waals surface area contributed by atoms with E-state index >= 15 is 0 Å². The summed E-state index contributed by atoms with van der Waals surface area (Å²) in [6.45, 7) is 5.35. The fourth-order valence-corrected chi connectivity index (χ4v) is 2.07. The molecule has 0 radical (unpaired) electrons. The van der Waals surface area contributed by atoms with Crippen LogP contribution in [0.4, 0.5) is 5.69 Å². The van der Waals surface area contributed by atoms with Crippen LogP contribution in [0.2, 0.25) is 5.02 Å². The van der Waals surface area contributed by atoms with Crippen molar-refractivity contribution in [1.82, 2.24) is 0 Å². The molecule has 0 aromatic heterocycles. The quantitative estimate of drug-likeness (QED) is 0.882. The molecule has 0 spiro atoms. The van der Waals surface area contributed by atoms with Crippen molar-refractivity contribution < 1.29 is 17.9 Å². The van der Waals surface area contributed by atoms with Gasteiger partial charge in [-0.2, -0.15) is 0 Å². The first-order valence-corrected chi connectivity index (χ1v) is 7.67. The van der Waals surface area contributed by atoms with Gasteiger partial charge in [-0.25, -0.2) is 13.6 Å². The minimum atomic E-state index is -3.82. The van der Waals surface area contributed by atoms with Crippen LogP contribution in [0.15, 0.2) is 23.1 Å². The molecule has 0 unspecified atom stereocenters. The SMILES string of the molecule is CC(C)(C)OCC(=O)Nc1ccc(S(N)(=O)=O)cc1Cl. The first-order valence-electron chi connectivity index (χ1n) is 5.75. The summed E-state index contributed by atoms with van der Waals surface area (Å²) in [6.07, 6.45) is 0. The summed E-state index contributed by atoms with van der Waals surface area (Å²) >= 11 is 5.89. The highest BCUT2D eigenvalue weighted by Crippen LogP contribution is 2.24. The number of anilines is 1. The molecule has 1 aromatic carbocycles. The van der Waals surface area contributed by atoms with Gasteiger partial charge < -0.3 is 10.1 Å². The molecule has 0 aliphatic rings. The Hall–Kier alpha value is -1.15. The number of halogens is 1. The number of sulfonamides is 1. The van der Waals surface area contributed by atoms with Crippen LogP contribution in [0, 0.1) is 0 Å². The van der Waals surface area contributed by atoms with Crippen molar-refractivity contribution in [3.63, 3.8) is 0 Å². The molecule has 0 saturated carbocycles. The molecule has 0 aliphatic heterocycles. The first-order chi connectivity index (χ1) is 8.99. The maximum atomic E-state index is 11.7. The highest BCUT2D eigenvalue weighted by Gasteiger charge is 2.15. The van der Waals surface area contributed by atoms with Crippen molar-refractivity contribution in [3.8, 4) is 0 Å². The Balaban J connectivity index is 2.77. The van der Waals surface area contributed by atoms with Crippen LogP contribution in [0.3, 0.4) is 0 Å². The predicted molar refractivity (Wildman–Crippen MR) is 77.2 cm³/mol. The van der Waals surface area contributed by atoms with E-state index in [1.807, 2.05) is 20.8 Å². The summed E-state index contributed by atoms with van der Waals surface area (Å²) in [5.41, 5.74) is -0.139. The number of rotatable bonds is 4. The molecular formula is C12H17ClN2O4S. The maximum absolute atomic E-state index is 11.7. The van der Waals surface area contributed by atoms with Crippen molar-refractivity contribution in [2.24, 2.45) is 5.14 Å². The fraction of sp³-hybridized carbons (Fsp3) is 0.417. The number of hydrogen-bond donors (Lipinski definition) is 2. The van der Waals surface area contributed by atoms with Gasteiger partial charge >= 0.3 is 0 Å². The number of nitrogens with two attached hydrogens (primary N) is 1. The summed E-state index contributed by atoms with van der Waals surface area (Å²) in [5, 5.41) is 7.59. The van der Waals surface area contributed by atoms with Crippen molar-refractivity contribution in [2.45, 2.75) is 31.3 Å². The minimum absolute atomic E-state index is 0.0839. The zero-order valence-corrected chi connectivity index (χ0v) is 13.0. The van der Waals surface area contributed by atoms with E-state index in [1.165, 1.54) is 18.2 Å². The maximum Gasteiger partial charge on any atom is 0.250 e. The molecule has 8 heteroatoms. The van der Waals surface area contributed by atoms with Gasteiger partial charge in [0.05, 0.1) is 21.2 Å². The molecule has 0 fully saturated rings. The third-order valence-corrected chi connectivity index (χ3v) is 3.40. The lowest BCUT2D eigenvalue weighted by molar-refractivity contribution is -0.125. The number of amides is 1. The third kappa shape index (κ3) is 5.46. The molecule has 1 amide bonds. The van der Waals surface area contributed by atoms with E-state index in [1.54, 1.807) is 0 Å². The molecule has 0 saturated heterocycles. The van der Waals surface area contributed by atoms with Crippen LogP contribution in [0.25, 0.3) is 0 Å². The third-order valence-electron chi connectivity index (χ3n) is 2.18. The lowest BCUT2D eigenvalue weighted by Gasteiger charge is -2.19. The van der Waals surface area contributed by atoms with Gasteiger partial charge in [-0.3, -0.25) is 4.79 Å². The summed E-state index contributed by atoms with van der Waals surface area (Å²) in [6, 6.07) is 3.82. The Labute approximate surface area is 123 Å². The molecule has 0 bridgehead atoms. The van der Waals surface area contributed by atoms with Gasteiger partial charge in [0, 0.05) is 0 Å². The van der Waals surface area contributed by atoms with E-state index in [4.69, 9.17) is 21.5 Å². The topological polar surface area (TPSA) is 98.5 Å². The molecule has 0 aliphatic carbocycles. The van der Waals surface area contributed by atoms with Gasteiger partial charge in [0.2, 0.25) is 15.9 Å². The number of ether oxygens (including phenoxy) is 1. The predicted octanol–water partition coefficient (Wildman–Crippen LogP) is 1.74. The highest BCUT2D eigenvalue weighted by atomic mass is 35.5. The zero-order valence-electron chi connectivity index (χ0n) is 11.4. The number of primary sulfonamides is 1. The number of nitrogens with one attached hydrogen (secondary N) is 1. The number of carbonyl (C=O) groups is 1. The summed E-state index contributed by atoms with van der Waals surface area (Å²) in [5.74, 6) is -0.384. The molecule has 0 atom stereocenters. The molecule has 20 heavy (non-hydrogen) atoms. The Morgan fingerprint density at radius 2 is 2.00 bits per heavy atom. The van der Waals surface area contributed by atoms with Gasteiger partial charge in [0.1, 0.15) is 6.61 Å². The van der Waals surface area contributed by atoms with Crippen molar-refractivity contribution in [3.05, 3.63) is 23.2 Å². The van der Waals surface area contributed by atoms with Crippen molar-refractivity contribution in [1.29, 1.82) is 0 Å². The molecule has 3 N–H and O–H groups in total. The van der Waals surface area contributed by atoms with Gasteiger partial charge in [-0.1, -0.05) is 11.6 Å². The van der Waals surface area contributed by atoms with Crippen LogP contribution in [0.5, 0.6) is 0 Å². The number of benzene rings is 1. The van der Waals surface area contributed by atoms with Gasteiger partial charge in [0.25, 0.3) is 0 Å². The lowest BCUT2D eigenvalue weighted by atomic mass is 10.2. The Bertz CT molecular complexity index is 608. The van der Waals surface area contributed by atoms with Gasteiger partial charge in [-0.05, 0) is 39.0 Å². The van der Waals surface area contributed by atoms with Crippen LogP contribution >= 0.6 is 11.6 Å². The van der Waals surface area contributed by atoms with Crippen LogP contribution < -0.4 is 10.5 Å². The molecule has 112 valence electrons. The summed E-state index contributed by atoms with van der Waals surface area (Å²) < 4.78 is 27.6. The molecule has 6 nitrogen and oxygen atoms in total. The monoisotopic (exact) mass is 320 g/mol. The number of hydrogen-bond acceptors (Lipinski definition) is 4. The smallest absolute Gasteiger partial charge is 0.250 e. The molecule has 1 rings (SSSR count). The van der Waals surface area contributed by atoms with Crippen LogP contribution in [-0.2, 0) is 19.6 Å². The fourth-order valence-electron chi connectivity index (χ4n) is 1.24. The average molecular weight is 321 g/mol. The lowest BCUT2D eigenvalue weighted by Crippen LogP contribution is -2.27. The Morgan fingerprint density at radius 3 is 2.45 bits per heavy atom. The van der Waals surface area contributed by atoms with Gasteiger partial charge in [-0.15, -0.1) is 0 Å². The summed E-state index contributed by atoms with van der Waals surface area (Å²) in [7, 11) is -3.82. The number of carbonyl (C=O) groups excluding carboxylic acids is 1. The second-order valence-electron chi connectivity index (χ2n) is 5.14.